The molecule has 2 aliphatic heterocycles. The van der Waals surface area contributed by atoms with E-state index in [1.54, 1.807) is 4.90 Å². The molecule has 1 aromatic rings. The lowest BCUT2D eigenvalue weighted by Gasteiger charge is -2.29. The molecule has 1 N–H and O–H groups in total. The van der Waals surface area contributed by atoms with Gasteiger partial charge in [0.25, 0.3) is 5.91 Å². The van der Waals surface area contributed by atoms with Crippen LogP contribution in [0.4, 0.5) is 0 Å². The fourth-order valence-electron chi connectivity index (χ4n) is 3.08. The standard InChI is InChI=1S/C16H18BN2O3/c1-9(2)17-11-3-4-12-10(7-11)8-19(16(12)22)13-5-6-14(20)18-15(13)21/h3-4,7,9,13H,5-6,8H2,1-2H3,(H,18,20,21). The average molecular weight is 297 g/mol. The molecule has 3 rings (SSSR count). The first kappa shape index (κ1) is 14.8. The van der Waals surface area contributed by atoms with Gasteiger partial charge >= 0.3 is 0 Å². The first-order valence-electron chi connectivity index (χ1n) is 7.58. The summed E-state index contributed by atoms with van der Waals surface area (Å²) in [5, 5.41) is 2.31. The van der Waals surface area contributed by atoms with Crippen LogP contribution in [0.5, 0.6) is 0 Å². The van der Waals surface area contributed by atoms with E-state index >= 15 is 0 Å². The highest BCUT2D eigenvalue weighted by molar-refractivity contribution is 6.54. The van der Waals surface area contributed by atoms with E-state index < -0.39 is 6.04 Å². The molecule has 0 saturated carbocycles. The fourth-order valence-corrected chi connectivity index (χ4v) is 3.08. The number of rotatable bonds is 3. The number of piperidine rings is 1. The van der Waals surface area contributed by atoms with Crippen LogP contribution in [0.25, 0.3) is 0 Å². The molecule has 3 amide bonds. The van der Waals surface area contributed by atoms with Gasteiger partial charge in [-0.15, -0.1) is 0 Å². The van der Waals surface area contributed by atoms with Crippen LogP contribution in [-0.4, -0.2) is 35.9 Å². The summed E-state index contributed by atoms with van der Waals surface area (Å²) < 4.78 is 0. The number of hydrogen-bond donors (Lipinski definition) is 1. The number of fused-ring (bicyclic) bond motifs is 1. The summed E-state index contributed by atoms with van der Waals surface area (Å²) in [7, 11) is 2.14. The molecule has 2 aliphatic rings. The van der Waals surface area contributed by atoms with Crippen LogP contribution >= 0.6 is 0 Å². The van der Waals surface area contributed by atoms with Gasteiger partial charge in [0.2, 0.25) is 11.8 Å². The van der Waals surface area contributed by atoms with Gasteiger partial charge in [-0.3, -0.25) is 19.7 Å². The molecule has 0 spiro atoms. The fraction of sp³-hybridized carbons (Fsp3) is 0.438. The number of carbonyl (C=O) groups excluding carboxylic acids is 3. The summed E-state index contributed by atoms with van der Waals surface area (Å²) in [5.74, 6) is -0.326. The lowest BCUT2D eigenvalue weighted by molar-refractivity contribution is -0.136. The zero-order valence-electron chi connectivity index (χ0n) is 12.8. The Morgan fingerprint density at radius 3 is 2.73 bits per heavy atom. The summed E-state index contributed by atoms with van der Waals surface area (Å²) in [5.41, 5.74) is 2.70. The van der Waals surface area contributed by atoms with Crippen LogP contribution in [0.15, 0.2) is 18.2 Å². The average Bonchev–Trinajstić information content (AvgIpc) is 2.75. The number of imide groups is 1. The third kappa shape index (κ3) is 2.65. The molecule has 1 saturated heterocycles. The van der Waals surface area contributed by atoms with E-state index in [0.717, 1.165) is 11.0 Å². The monoisotopic (exact) mass is 297 g/mol. The quantitative estimate of drug-likeness (QED) is 0.656. The van der Waals surface area contributed by atoms with Gasteiger partial charge in [-0.05, 0) is 18.1 Å². The van der Waals surface area contributed by atoms with Crippen molar-refractivity contribution >= 4 is 30.5 Å². The van der Waals surface area contributed by atoms with Crippen molar-refractivity contribution in [1.29, 1.82) is 0 Å². The van der Waals surface area contributed by atoms with Gasteiger partial charge < -0.3 is 4.90 Å². The normalized spacial score (nSPS) is 21.1. The van der Waals surface area contributed by atoms with Gasteiger partial charge in [-0.1, -0.05) is 37.3 Å². The second-order valence-electron chi connectivity index (χ2n) is 6.23. The van der Waals surface area contributed by atoms with Crippen LogP contribution in [0.2, 0.25) is 5.82 Å². The molecule has 113 valence electrons. The van der Waals surface area contributed by atoms with Crippen LogP contribution in [0, 0.1) is 0 Å². The van der Waals surface area contributed by atoms with Gasteiger partial charge in [0, 0.05) is 18.5 Å². The SMILES string of the molecule is CC(C)[B]c1ccc2c(c1)CN(C1CCC(=O)NC1=O)C2=O. The number of hydrogen-bond acceptors (Lipinski definition) is 3. The molecule has 0 aliphatic carbocycles. The minimum atomic E-state index is -0.546. The van der Waals surface area contributed by atoms with Crippen molar-refractivity contribution in [3.8, 4) is 0 Å². The Hall–Kier alpha value is -2.11. The summed E-state index contributed by atoms with van der Waals surface area (Å²) in [6, 6.07) is 5.23. The molecule has 1 atom stereocenters. The molecule has 1 aromatic carbocycles. The summed E-state index contributed by atoms with van der Waals surface area (Å²) >= 11 is 0. The number of amides is 3. The molecule has 0 aromatic heterocycles. The molecule has 5 nitrogen and oxygen atoms in total. The molecule has 1 fully saturated rings. The topological polar surface area (TPSA) is 66.5 Å². The van der Waals surface area contributed by atoms with Crippen LogP contribution in [0.1, 0.15) is 42.6 Å². The molecule has 0 bridgehead atoms. The summed E-state index contributed by atoms with van der Waals surface area (Å²) in [6.07, 6.45) is 0.679. The van der Waals surface area contributed by atoms with E-state index in [9.17, 15) is 14.4 Å². The molecule has 22 heavy (non-hydrogen) atoms. The maximum absolute atomic E-state index is 12.5. The predicted molar refractivity (Wildman–Crippen MR) is 83.0 cm³/mol. The Balaban J connectivity index is 1.81. The van der Waals surface area contributed by atoms with Crippen LogP contribution in [-0.2, 0) is 16.1 Å². The van der Waals surface area contributed by atoms with Gasteiger partial charge in [-0.2, -0.15) is 0 Å². The Kier molecular flexibility index (Phi) is 3.77. The smallest absolute Gasteiger partial charge is 0.255 e. The van der Waals surface area contributed by atoms with E-state index in [0.29, 0.717) is 24.3 Å². The van der Waals surface area contributed by atoms with E-state index in [2.05, 4.69) is 26.4 Å². The highest BCUT2D eigenvalue weighted by Crippen LogP contribution is 2.26. The number of nitrogens with one attached hydrogen (secondary N) is 1. The minimum Gasteiger partial charge on any atom is -0.322 e. The third-order valence-electron chi connectivity index (χ3n) is 4.07. The number of carbonyl (C=O) groups is 3. The Morgan fingerprint density at radius 1 is 1.27 bits per heavy atom. The van der Waals surface area contributed by atoms with Crippen molar-refractivity contribution in [2.45, 2.75) is 45.1 Å². The van der Waals surface area contributed by atoms with Crippen molar-refractivity contribution in [1.82, 2.24) is 10.2 Å². The number of nitrogens with zero attached hydrogens (tertiary/aromatic N) is 1. The Labute approximate surface area is 130 Å². The molecule has 1 radical (unpaired) electrons. The van der Waals surface area contributed by atoms with Gasteiger partial charge in [0.05, 0.1) is 0 Å². The molecule has 2 heterocycles. The maximum Gasteiger partial charge on any atom is 0.255 e. The zero-order chi connectivity index (χ0) is 15.9. The van der Waals surface area contributed by atoms with Gasteiger partial charge in [0.15, 0.2) is 7.28 Å². The van der Waals surface area contributed by atoms with Crippen molar-refractivity contribution < 1.29 is 14.4 Å². The molecule has 1 unspecified atom stereocenters. The molecule has 6 heteroatoms. The second kappa shape index (κ2) is 5.59. The highest BCUT2D eigenvalue weighted by atomic mass is 16.2. The van der Waals surface area contributed by atoms with E-state index in [-0.39, 0.29) is 24.1 Å². The van der Waals surface area contributed by atoms with Crippen LogP contribution < -0.4 is 10.8 Å². The molecular weight excluding hydrogens is 279 g/mol. The maximum atomic E-state index is 12.5. The first-order chi connectivity index (χ1) is 10.5. The minimum absolute atomic E-state index is 0.124. The van der Waals surface area contributed by atoms with E-state index in [4.69, 9.17) is 0 Å². The lowest BCUT2D eigenvalue weighted by atomic mass is 9.60. The van der Waals surface area contributed by atoms with Crippen molar-refractivity contribution in [2.75, 3.05) is 0 Å². The zero-order valence-corrected chi connectivity index (χ0v) is 12.8. The Bertz CT molecular complexity index is 657. The first-order valence-corrected chi connectivity index (χ1v) is 7.58. The predicted octanol–water partition coefficient (Wildman–Crippen LogP) is 0.605. The second-order valence-corrected chi connectivity index (χ2v) is 6.23. The Morgan fingerprint density at radius 2 is 2.05 bits per heavy atom. The lowest BCUT2D eigenvalue weighted by Crippen LogP contribution is -2.52. The third-order valence-corrected chi connectivity index (χ3v) is 4.07. The van der Waals surface area contributed by atoms with Crippen LogP contribution in [0.3, 0.4) is 0 Å². The molecular formula is C16H18BN2O3. The van der Waals surface area contributed by atoms with Crippen molar-refractivity contribution in [3.63, 3.8) is 0 Å². The highest BCUT2D eigenvalue weighted by Gasteiger charge is 2.38. The van der Waals surface area contributed by atoms with Gasteiger partial charge in [-0.25, -0.2) is 0 Å². The van der Waals surface area contributed by atoms with Crippen molar-refractivity contribution in [2.24, 2.45) is 0 Å². The summed E-state index contributed by atoms with van der Waals surface area (Å²) in [4.78, 5) is 37.3. The van der Waals surface area contributed by atoms with Gasteiger partial charge in [0.1, 0.15) is 6.04 Å². The van der Waals surface area contributed by atoms with Crippen molar-refractivity contribution in [3.05, 3.63) is 29.3 Å². The number of benzene rings is 1. The van der Waals surface area contributed by atoms with E-state index in [1.807, 2.05) is 18.2 Å². The summed E-state index contributed by atoms with van der Waals surface area (Å²) in [6.45, 7) is 4.64. The van der Waals surface area contributed by atoms with E-state index in [1.165, 1.54) is 0 Å². The largest absolute Gasteiger partial charge is 0.322 e.